The van der Waals surface area contributed by atoms with Crippen LogP contribution in [0.4, 0.5) is 0 Å². The number of rotatable bonds is 1. The molecule has 0 N–H and O–H groups in total. The van der Waals surface area contributed by atoms with Crippen LogP contribution in [-0.2, 0) is 6.42 Å². The molecule has 2 heterocycles. The molecular weight excluding hydrogens is 376 g/mol. The van der Waals surface area contributed by atoms with E-state index in [0.29, 0.717) is 6.79 Å². The van der Waals surface area contributed by atoms with Crippen LogP contribution in [0.15, 0.2) is 60.7 Å². The van der Waals surface area contributed by atoms with Gasteiger partial charge in [0.05, 0.1) is 0 Å². The number of benzene rings is 2. The largest absolute Gasteiger partial charge is 0.454 e. The number of fused-ring (bicyclic) bond motifs is 1. The molecule has 0 radical (unpaired) electrons. The van der Waals surface area contributed by atoms with Crippen LogP contribution in [0.3, 0.4) is 0 Å². The Morgan fingerprint density at radius 2 is 1.28 bits per heavy atom. The van der Waals surface area contributed by atoms with E-state index in [4.69, 9.17) is 9.47 Å². The Kier molecular flexibility index (Phi) is 15.4. The van der Waals surface area contributed by atoms with Crippen molar-refractivity contribution in [1.29, 1.82) is 0 Å². The van der Waals surface area contributed by atoms with Gasteiger partial charge in [0.15, 0.2) is 11.5 Å². The maximum atomic E-state index is 5.16. The minimum Gasteiger partial charge on any atom is -0.454 e. The van der Waals surface area contributed by atoms with Crippen molar-refractivity contribution < 1.29 is 9.47 Å². The monoisotopic (exact) mass is 414 g/mol. The maximum absolute atomic E-state index is 5.16. The summed E-state index contributed by atoms with van der Waals surface area (Å²) in [4.78, 5) is 2.80. The second-order valence-electron chi connectivity index (χ2n) is 5.85. The number of hydrogen-bond donors (Lipinski definition) is 0. The fourth-order valence-electron chi connectivity index (χ4n) is 2.27. The average molecular weight is 415 g/mol. The highest BCUT2D eigenvalue weighted by Crippen LogP contribution is 2.31. The summed E-state index contributed by atoms with van der Waals surface area (Å²) >= 11 is 1.84. The van der Waals surface area contributed by atoms with Gasteiger partial charge in [-0.25, -0.2) is 0 Å². The van der Waals surface area contributed by atoms with Gasteiger partial charge in [-0.1, -0.05) is 71.0 Å². The molecule has 160 valence electrons. The molecule has 1 aromatic heterocycles. The highest BCUT2D eigenvalue weighted by atomic mass is 32.1. The normalized spacial score (nSPS) is 9.93. The zero-order chi connectivity index (χ0) is 22.1. The quantitative estimate of drug-likeness (QED) is 0.398. The Hall–Kier alpha value is -2.26. The topological polar surface area (TPSA) is 18.5 Å². The molecule has 1 aliphatic rings. The van der Waals surface area contributed by atoms with Crippen LogP contribution in [0, 0.1) is 20.8 Å². The van der Waals surface area contributed by atoms with E-state index in [0.717, 1.165) is 17.9 Å². The summed E-state index contributed by atoms with van der Waals surface area (Å²) in [5, 5.41) is 0. The van der Waals surface area contributed by atoms with E-state index in [1.54, 1.807) is 0 Å². The summed E-state index contributed by atoms with van der Waals surface area (Å²) in [6.45, 7) is 16.8. The Balaban J connectivity index is 0.000000379. The van der Waals surface area contributed by atoms with Gasteiger partial charge >= 0.3 is 0 Å². The lowest BCUT2D eigenvalue weighted by Gasteiger charge is -1.94. The minimum atomic E-state index is 0.360. The van der Waals surface area contributed by atoms with Crippen LogP contribution in [0.5, 0.6) is 11.5 Å². The number of thiophene rings is 1. The SMILES string of the molecule is CC.CC.CCc1ccccc1.Cc1ccc(C)s1.Cc1ccc2c(c1)OCO2. The molecule has 0 amide bonds. The number of ether oxygens (including phenoxy) is 2. The Labute approximate surface area is 182 Å². The van der Waals surface area contributed by atoms with Crippen LogP contribution in [0.25, 0.3) is 0 Å². The first-order chi connectivity index (χ1) is 14.1. The van der Waals surface area contributed by atoms with Gasteiger partial charge in [0.1, 0.15) is 0 Å². The van der Waals surface area contributed by atoms with Gasteiger partial charge in [-0.15, -0.1) is 11.3 Å². The van der Waals surface area contributed by atoms with Crippen molar-refractivity contribution in [2.24, 2.45) is 0 Å². The van der Waals surface area contributed by atoms with Crippen LogP contribution in [0.1, 0.15) is 55.5 Å². The van der Waals surface area contributed by atoms with Crippen molar-refractivity contribution in [2.45, 2.75) is 61.8 Å². The summed E-state index contributed by atoms with van der Waals surface area (Å²) in [6, 6.07) is 20.6. The zero-order valence-corrected chi connectivity index (χ0v) is 20.2. The highest BCUT2D eigenvalue weighted by Gasteiger charge is 2.11. The first-order valence-electron chi connectivity index (χ1n) is 10.5. The second kappa shape index (κ2) is 16.7. The number of aryl methyl sites for hydroxylation is 4. The molecule has 3 aromatic rings. The molecule has 0 atom stereocenters. The van der Waals surface area contributed by atoms with Crippen LogP contribution in [-0.4, -0.2) is 6.79 Å². The predicted octanol–water partition coefficient (Wildman–Crippen LogP) is 8.39. The van der Waals surface area contributed by atoms with E-state index in [9.17, 15) is 0 Å². The lowest BCUT2D eigenvalue weighted by atomic mass is 10.2. The Morgan fingerprint density at radius 3 is 1.72 bits per heavy atom. The minimum absolute atomic E-state index is 0.360. The molecule has 0 aliphatic carbocycles. The molecule has 0 fully saturated rings. The van der Waals surface area contributed by atoms with E-state index >= 15 is 0 Å². The molecule has 0 spiro atoms. The molecule has 2 aromatic carbocycles. The third-order valence-corrected chi connectivity index (χ3v) is 4.57. The molecule has 4 rings (SSSR count). The van der Waals surface area contributed by atoms with E-state index in [-0.39, 0.29) is 0 Å². The molecule has 1 aliphatic heterocycles. The molecule has 2 nitrogen and oxygen atoms in total. The van der Waals surface area contributed by atoms with Crippen molar-refractivity contribution in [2.75, 3.05) is 6.79 Å². The fourth-order valence-corrected chi connectivity index (χ4v) is 3.05. The van der Waals surface area contributed by atoms with Crippen molar-refractivity contribution in [3.63, 3.8) is 0 Å². The Bertz CT molecular complexity index is 747. The predicted molar refractivity (Wildman–Crippen MR) is 130 cm³/mol. The molecule has 0 saturated carbocycles. The molecule has 29 heavy (non-hydrogen) atoms. The first-order valence-corrected chi connectivity index (χ1v) is 11.3. The summed E-state index contributed by atoms with van der Waals surface area (Å²) in [5.41, 5.74) is 2.61. The second-order valence-corrected chi connectivity index (χ2v) is 7.34. The smallest absolute Gasteiger partial charge is 0.231 e. The molecule has 3 heteroatoms. The van der Waals surface area contributed by atoms with Gasteiger partial charge in [-0.05, 0) is 62.6 Å². The lowest BCUT2D eigenvalue weighted by molar-refractivity contribution is 0.174. The first kappa shape index (κ1) is 26.7. The van der Waals surface area contributed by atoms with Crippen LogP contribution in [0.2, 0.25) is 0 Å². The standard InChI is InChI=1S/C8H8O2.C8H10.C6H8S.2C2H6/c1-6-2-3-7-8(4-6)10-5-9-7;1-2-8-6-4-3-5-7-8;1-5-3-4-6(2)7-5;2*1-2/h2-4H,5H2,1H3;3-7H,2H2,1H3;3-4H,1-2H3;2*1-2H3. The van der Waals surface area contributed by atoms with Gasteiger partial charge in [0.2, 0.25) is 6.79 Å². The van der Waals surface area contributed by atoms with Crippen molar-refractivity contribution in [3.05, 3.63) is 81.5 Å². The lowest BCUT2D eigenvalue weighted by Crippen LogP contribution is -1.92. The third-order valence-electron chi connectivity index (χ3n) is 3.65. The molecule has 0 saturated heterocycles. The van der Waals surface area contributed by atoms with Crippen molar-refractivity contribution >= 4 is 11.3 Å². The van der Waals surface area contributed by atoms with Gasteiger partial charge in [0, 0.05) is 9.75 Å². The van der Waals surface area contributed by atoms with E-state index in [2.05, 4.69) is 57.2 Å². The van der Waals surface area contributed by atoms with Crippen LogP contribution < -0.4 is 9.47 Å². The summed E-state index contributed by atoms with van der Waals surface area (Å²) in [5.74, 6) is 1.71. The average Bonchev–Trinajstić information content (AvgIpc) is 3.40. The summed E-state index contributed by atoms with van der Waals surface area (Å²) < 4.78 is 10.3. The van der Waals surface area contributed by atoms with Gasteiger partial charge in [-0.3, -0.25) is 0 Å². The zero-order valence-electron chi connectivity index (χ0n) is 19.4. The van der Waals surface area contributed by atoms with Gasteiger partial charge in [0.25, 0.3) is 0 Å². The van der Waals surface area contributed by atoms with Gasteiger partial charge < -0.3 is 9.47 Å². The molecule has 0 bridgehead atoms. The van der Waals surface area contributed by atoms with Crippen molar-refractivity contribution in [1.82, 2.24) is 0 Å². The molecular formula is C26H38O2S. The van der Waals surface area contributed by atoms with E-state index in [1.165, 1.54) is 20.9 Å². The summed E-state index contributed by atoms with van der Waals surface area (Å²) in [7, 11) is 0. The van der Waals surface area contributed by atoms with Crippen LogP contribution >= 0.6 is 11.3 Å². The Morgan fingerprint density at radius 1 is 0.724 bits per heavy atom. The third kappa shape index (κ3) is 11.4. The van der Waals surface area contributed by atoms with E-state index in [1.807, 2.05) is 70.2 Å². The molecule has 0 unspecified atom stereocenters. The van der Waals surface area contributed by atoms with Gasteiger partial charge in [-0.2, -0.15) is 0 Å². The summed E-state index contributed by atoms with van der Waals surface area (Å²) in [6.07, 6.45) is 1.14. The van der Waals surface area contributed by atoms with Crippen molar-refractivity contribution in [3.8, 4) is 11.5 Å². The number of hydrogen-bond acceptors (Lipinski definition) is 3. The highest BCUT2D eigenvalue weighted by molar-refractivity contribution is 7.11. The van der Waals surface area contributed by atoms with E-state index < -0.39 is 0 Å². The maximum Gasteiger partial charge on any atom is 0.231 e. The fraction of sp³-hybridized carbons (Fsp3) is 0.385.